The normalized spacial score (nSPS) is 24.0. The summed E-state index contributed by atoms with van der Waals surface area (Å²) in [5, 5.41) is 3.65. The third-order valence-electron chi connectivity index (χ3n) is 3.75. The largest absolute Gasteiger partial charge is 0.382 e. The van der Waals surface area contributed by atoms with Crippen molar-refractivity contribution in [3.8, 4) is 0 Å². The van der Waals surface area contributed by atoms with Crippen LogP contribution in [0.15, 0.2) is 16.6 Å². The highest BCUT2D eigenvalue weighted by atomic mass is 79.9. The Hall–Kier alpha value is -0.540. The summed E-state index contributed by atoms with van der Waals surface area (Å²) < 4.78 is 1.21. The first-order chi connectivity index (χ1) is 8.11. The maximum Gasteiger partial charge on any atom is 0.0348 e. The van der Waals surface area contributed by atoms with Gasteiger partial charge in [0.25, 0.3) is 0 Å². The molecule has 17 heavy (non-hydrogen) atoms. The van der Waals surface area contributed by atoms with Gasteiger partial charge in [-0.15, -0.1) is 0 Å². The minimum Gasteiger partial charge on any atom is -0.382 e. The van der Waals surface area contributed by atoms with Crippen LogP contribution in [0.2, 0.25) is 0 Å². The Balaban J connectivity index is 2.13. The van der Waals surface area contributed by atoms with E-state index in [-0.39, 0.29) is 0 Å². The summed E-state index contributed by atoms with van der Waals surface area (Å²) in [6.07, 6.45) is 3.81. The number of benzene rings is 1. The zero-order valence-corrected chi connectivity index (χ0v) is 12.2. The number of halogens is 1. The molecule has 0 bridgehead atoms. The van der Waals surface area contributed by atoms with Gasteiger partial charge in [-0.25, -0.2) is 0 Å². The molecule has 0 spiro atoms. The Morgan fingerprint density at radius 2 is 1.94 bits per heavy atom. The summed E-state index contributed by atoms with van der Waals surface area (Å²) >= 11 is 3.60. The van der Waals surface area contributed by atoms with Crippen molar-refractivity contribution in [3.05, 3.63) is 27.7 Å². The first kappa shape index (κ1) is 12.9. The zero-order chi connectivity index (χ0) is 12.4. The van der Waals surface area contributed by atoms with Gasteiger partial charge in [0.2, 0.25) is 0 Å². The Morgan fingerprint density at radius 1 is 1.29 bits per heavy atom. The van der Waals surface area contributed by atoms with Crippen LogP contribution in [0.1, 0.15) is 30.4 Å². The molecule has 3 heteroatoms. The van der Waals surface area contributed by atoms with Gasteiger partial charge < -0.3 is 11.1 Å². The van der Waals surface area contributed by atoms with Gasteiger partial charge in [0, 0.05) is 16.2 Å². The van der Waals surface area contributed by atoms with Gasteiger partial charge in [-0.2, -0.15) is 0 Å². The van der Waals surface area contributed by atoms with Crippen molar-refractivity contribution in [2.45, 2.75) is 39.2 Å². The molecule has 2 rings (SSSR count). The first-order valence-corrected chi connectivity index (χ1v) is 7.14. The molecule has 1 aromatic carbocycles. The molecule has 0 aromatic heterocycles. The van der Waals surface area contributed by atoms with Crippen molar-refractivity contribution in [2.24, 2.45) is 11.7 Å². The van der Waals surface area contributed by atoms with Crippen molar-refractivity contribution in [1.29, 1.82) is 0 Å². The second kappa shape index (κ2) is 5.40. The lowest BCUT2D eigenvalue weighted by Crippen LogP contribution is -2.29. The number of nitrogens with two attached hydrogens (primary N) is 1. The molecular weight excluding hydrogens is 276 g/mol. The van der Waals surface area contributed by atoms with Gasteiger partial charge >= 0.3 is 0 Å². The van der Waals surface area contributed by atoms with Crippen molar-refractivity contribution in [2.75, 3.05) is 11.9 Å². The second-order valence-corrected chi connectivity index (χ2v) is 5.89. The van der Waals surface area contributed by atoms with E-state index < -0.39 is 0 Å². The van der Waals surface area contributed by atoms with Crippen LogP contribution in [-0.2, 0) is 0 Å². The van der Waals surface area contributed by atoms with Gasteiger partial charge in [-0.1, -0.05) is 22.4 Å². The zero-order valence-electron chi connectivity index (χ0n) is 10.6. The third-order valence-corrected chi connectivity index (χ3v) is 5.00. The lowest BCUT2D eigenvalue weighted by molar-refractivity contribution is 0.516. The summed E-state index contributed by atoms with van der Waals surface area (Å²) in [5.41, 5.74) is 9.62. The van der Waals surface area contributed by atoms with E-state index in [1.165, 1.54) is 40.5 Å². The molecular formula is C14H21BrN2. The SMILES string of the molecule is Cc1cc(NC2CCCC2CN)cc(C)c1Br. The van der Waals surface area contributed by atoms with E-state index >= 15 is 0 Å². The van der Waals surface area contributed by atoms with Gasteiger partial charge in [0.1, 0.15) is 0 Å². The van der Waals surface area contributed by atoms with Crippen molar-refractivity contribution in [3.63, 3.8) is 0 Å². The monoisotopic (exact) mass is 296 g/mol. The number of nitrogens with one attached hydrogen (secondary N) is 1. The van der Waals surface area contributed by atoms with Crippen molar-refractivity contribution >= 4 is 21.6 Å². The average molecular weight is 297 g/mol. The van der Waals surface area contributed by atoms with E-state index in [4.69, 9.17) is 5.73 Å². The Labute approximate surface area is 112 Å². The average Bonchev–Trinajstić information content (AvgIpc) is 2.73. The topological polar surface area (TPSA) is 38.0 Å². The van der Waals surface area contributed by atoms with Crippen LogP contribution >= 0.6 is 15.9 Å². The molecule has 1 fully saturated rings. The fraction of sp³-hybridized carbons (Fsp3) is 0.571. The molecule has 0 aliphatic heterocycles. The molecule has 2 atom stereocenters. The molecule has 2 unspecified atom stereocenters. The van der Waals surface area contributed by atoms with Crippen molar-refractivity contribution < 1.29 is 0 Å². The standard InChI is InChI=1S/C14H21BrN2/c1-9-6-12(7-10(2)14(9)15)17-13-5-3-4-11(13)8-16/h6-7,11,13,17H,3-5,8,16H2,1-2H3. The molecule has 0 radical (unpaired) electrons. The van der Waals surface area contributed by atoms with Crippen LogP contribution in [0.3, 0.4) is 0 Å². The smallest absolute Gasteiger partial charge is 0.0348 e. The highest BCUT2D eigenvalue weighted by Crippen LogP contribution is 2.30. The highest BCUT2D eigenvalue weighted by molar-refractivity contribution is 9.10. The maximum atomic E-state index is 5.81. The molecule has 1 aliphatic rings. The minimum absolute atomic E-state index is 0.556. The van der Waals surface area contributed by atoms with Crippen LogP contribution in [-0.4, -0.2) is 12.6 Å². The van der Waals surface area contributed by atoms with E-state index in [1.54, 1.807) is 0 Å². The summed E-state index contributed by atoms with van der Waals surface area (Å²) in [6.45, 7) is 5.07. The number of aryl methyl sites for hydroxylation is 2. The summed E-state index contributed by atoms with van der Waals surface area (Å²) in [5.74, 6) is 0.638. The van der Waals surface area contributed by atoms with E-state index in [9.17, 15) is 0 Å². The van der Waals surface area contributed by atoms with Crippen LogP contribution < -0.4 is 11.1 Å². The van der Waals surface area contributed by atoms with Gasteiger partial charge in [0.15, 0.2) is 0 Å². The molecule has 1 aromatic rings. The van der Waals surface area contributed by atoms with Gasteiger partial charge in [-0.05, 0) is 62.4 Å². The summed E-state index contributed by atoms with van der Waals surface area (Å²) in [4.78, 5) is 0. The lowest BCUT2D eigenvalue weighted by Gasteiger charge is -2.21. The van der Waals surface area contributed by atoms with Crippen LogP contribution in [0.5, 0.6) is 0 Å². The lowest BCUT2D eigenvalue weighted by atomic mass is 10.0. The second-order valence-electron chi connectivity index (χ2n) is 5.10. The van der Waals surface area contributed by atoms with E-state index in [0.29, 0.717) is 12.0 Å². The first-order valence-electron chi connectivity index (χ1n) is 6.35. The third kappa shape index (κ3) is 2.83. The Kier molecular flexibility index (Phi) is 4.10. The van der Waals surface area contributed by atoms with Crippen LogP contribution in [0.25, 0.3) is 0 Å². The fourth-order valence-corrected chi connectivity index (χ4v) is 2.98. The quantitative estimate of drug-likeness (QED) is 0.894. The molecule has 3 N–H and O–H groups in total. The Bertz CT molecular complexity index is 380. The van der Waals surface area contributed by atoms with E-state index in [1.807, 2.05) is 0 Å². The Morgan fingerprint density at radius 3 is 2.53 bits per heavy atom. The molecule has 2 nitrogen and oxygen atoms in total. The highest BCUT2D eigenvalue weighted by Gasteiger charge is 2.25. The van der Waals surface area contributed by atoms with E-state index in [2.05, 4.69) is 47.2 Å². The molecule has 0 heterocycles. The predicted molar refractivity (Wildman–Crippen MR) is 77.4 cm³/mol. The molecule has 0 amide bonds. The van der Waals surface area contributed by atoms with Crippen LogP contribution in [0.4, 0.5) is 5.69 Å². The minimum atomic E-state index is 0.556. The number of rotatable bonds is 3. The van der Waals surface area contributed by atoms with Crippen molar-refractivity contribution in [1.82, 2.24) is 0 Å². The summed E-state index contributed by atoms with van der Waals surface area (Å²) in [7, 11) is 0. The number of hydrogen-bond acceptors (Lipinski definition) is 2. The molecule has 0 saturated heterocycles. The maximum absolute atomic E-state index is 5.81. The molecule has 94 valence electrons. The number of anilines is 1. The van der Waals surface area contributed by atoms with E-state index in [0.717, 1.165) is 6.54 Å². The van der Waals surface area contributed by atoms with Gasteiger partial charge in [0.05, 0.1) is 0 Å². The molecule has 1 aliphatic carbocycles. The predicted octanol–water partition coefficient (Wildman–Crippen LogP) is 3.61. The summed E-state index contributed by atoms with van der Waals surface area (Å²) in [6, 6.07) is 4.98. The molecule has 1 saturated carbocycles. The number of hydrogen-bond donors (Lipinski definition) is 2. The fourth-order valence-electron chi connectivity index (χ4n) is 2.75. The van der Waals surface area contributed by atoms with Gasteiger partial charge in [-0.3, -0.25) is 0 Å². The van der Waals surface area contributed by atoms with Crippen LogP contribution in [0, 0.1) is 19.8 Å².